The first-order chi connectivity index (χ1) is 9.48. The average molecular weight is 298 g/mol. The lowest BCUT2D eigenvalue weighted by Gasteiger charge is -2.30. The van der Waals surface area contributed by atoms with Gasteiger partial charge in [-0.2, -0.15) is 5.10 Å². The number of amides is 1. The number of aromatic amines is 1. The predicted octanol–water partition coefficient (Wildman–Crippen LogP) is 0.180. The molecule has 0 spiro atoms. The van der Waals surface area contributed by atoms with E-state index in [1.54, 1.807) is 10.4 Å². The fourth-order valence-electron chi connectivity index (χ4n) is 2.67. The number of aromatic nitrogens is 2. The van der Waals surface area contributed by atoms with Crippen molar-refractivity contribution in [3.8, 4) is 0 Å². The molecule has 110 valence electrons. The number of H-pyrrole nitrogens is 1. The first-order valence-electron chi connectivity index (χ1n) is 6.82. The number of hydrogen-bond acceptors (Lipinski definition) is 4. The number of hydrogen-bond donors (Lipinski definition) is 2. The number of rotatable bonds is 4. The van der Waals surface area contributed by atoms with Crippen molar-refractivity contribution in [1.29, 1.82) is 0 Å². The number of nitrogens with two attached hydrogens (primary N) is 1. The molecule has 1 amide bonds. The van der Waals surface area contributed by atoms with Crippen molar-refractivity contribution >= 4 is 15.9 Å². The van der Waals surface area contributed by atoms with Gasteiger partial charge in [-0.1, -0.05) is 0 Å². The Kier molecular flexibility index (Phi) is 3.29. The zero-order chi connectivity index (χ0) is 14.3. The lowest BCUT2D eigenvalue weighted by molar-refractivity contribution is 0.0995. The van der Waals surface area contributed by atoms with E-state index in [2.05, 4.69) is 10.2 Å². The fourth-order valence-corrected chi connectivity index (χ4v) is 4.54. The zero-order valence-electron chi connectivity index (χ0n) is 11.1. The topological polar surface area (TPSA) is 109 Å². The Labute approximate surface area is 117 Å². The highest BCUT2D eigenvalue weighted by Crippen LogP contribution is 2.35. The quantitative estimate of drug-likeness (QED) is 0.826. The largest absolute Gasteiger partial charge is 0.364 e. The molecule has 7 nitrogen and oxygen atoms in total. The van der Waals surface area contributed by atoms with Crippen LogP contribution in [0.1, 0.15) is 47.8 Å². The third-order valence-corrected chi connectivity index (χ3v) is 6.45. The molecule has 1 aliphatic heterocycles. The molecule has 0 bridgehead atoms. The summed E-state index contributed by atoms with van der Waals surface area (Å²) in [6.45, 7) is 1.07. The Morgan fingerprint density at radius 3 is 2.45 bits per heavy atom. The van der Waals surface area contributed by atoms with E-state index in [9.17, 15) is 13.2 Å². The normalized spacial score (nSPS) is 22.0. The minimum Gasteiger partial charge on any atom is -0.364 e. The van der Waals surface area contributed by atoms with E-state index in [1.165, 1.54) is 0 Å². The average Bonchev–Trinajstić information content (AvgIpc) is 3.17. The van der Waals surface area contributed by atoms with Crippen molar-refractivity contribution in [2.24, 2.45) is 5.73 Å². The van der Waals surface area contributed by atoms with Crippen LogP contribution in [0.5, 0.6) is 0 Å². The Bertz CT molecular complexity index is 612. The van der Waals surface area contributed by atoms with Gasteiger partial charge in [-0.15, -0.1) is 0 Å². The van der Waals surface area contributed by atoms with Crippen LogP contribution < -0.4 is 5.73 Å². The van der Waals surface area contributed by atoms with E-state index < -0.39 is 15.9 Å². The number of carbonyl (C=O) groups is 1. The van der Waals surface area contributed by atoms with Gasteiger partial charge in [0.2, 0.25) is 10.0 Å². The summed E-state index contributed by atoms with van der Waals surface area (Å²) in [5, 5.41) is 6.55. The summed E-state index contributed by atoms with van der Waals surface area (Å²) in [6.07, 6.45) is 3.08. The Hall–Kier alpha value is -1.41. The maximum absolute atomic E-state index is 12.1. The van der Waals surface area contributed by atoms with Gasteiger partial charge in [0.15, 0.2) is 0 Å². The Morgan fingerprint density at radius 1 is 1.30 bits per heavy atom. The van der Waals surface area contributed by atoms with Crippen LogP contribution in [-0.2, 0) is 10.0 Å². The summed E-state index contributed by atoms with van der Waals surface area (Å²) in [6, 6.07) is 1.66. The van der Waals surface area contributed by atoms with Crippen LogP contribution in [0.3, 0.4) is 0 Å². The lowest BCUT2D eigenvalue weighted by Crippen LogP contribution is -2.39. The zero-order valence-corrected chi connectivity index (χ0v) is 11.9. The Morgan fingerprint density at radius 2 is 1.95 bits per heavy atom. The molecule has 1 aromatic heterocycles. The molecule has 8 heteroatoms. The van der Waals surface area contributed by atoms with Crippen LogP contribution in [0.15, 0.2) is 6.07 Å². The number of carbonyl (C=O) groups excluding carboxylic acids is 1. The number of nitrogens with zero attached hydrogens (tertiary/aromatic N) is 2. The molecule has 2 fully saturated rings. The monoisotopic (exact) mass is 298 g/mol. The molecular formula is C12H18N4O3S. The highest BCUT2D eigenvalue weighted by molar-refractivity contribution is 7.90. The highest BCUT2D eigenvalue weighted by atomic mass is 32.2. The van der Waals surface area contributed by atoms with Crippen molar-refractivity contribution in [1.82, 2.24) is 14.5 Å². The molecule has 1 saturated heterocycles. The number of piperidine rings is 1. The fraction of sp³-hybridized carbons (Fsp3) is 0.667. The van der Waals surface area contributed by atoms with Crippen molar-refractivity contribution in [2.75, 3.05) is 13.1 Å². The van der Waals surface area contributed by atoms with E-state index >= 15 is 0 Å². The van der Waals surface area contributed by atoms with Gasteiger partial charge in [0.25, 0.3) is 5.91 Å². The summed E-state index contributed by atoms with van der Waals surface area (Å²) < 4.78 is 25.9. The van der Waals surface area contributed by atoms with Gasteiger partial charge in [0, 0.05) is 24.7 Å². The maximum Gasteiger partial charge on any atom is 0.269 e. The minimum absolute atomic E-state index is 0.146. The minimum atomic E-state index is -3.07. The summed E-state index contributed by atoms with van der Waals surface area (Å²) in [5.74, 6) is -0.345. The summed E-state index contributed by atoms with van der Waals surface area (Å²) >= 11 is 0. The molecule has 0 aromatic carbocycles. The van der Waals surface area contributed by atoms with E-state index in [0.717, 1.165) is 31.4 Å². The van der Waals surface area contributed by atoms with Crippen LogP contribution >= 0.6 is 0 Å². The van der Waals surface area contributed by atoms with E-state index in [1.807, 2.05) is 0 Å². The van der Waals surface area contributed by atoms with Crippen LogP contribution in [0.4, 0.5) is 0 Å². The lowest BCUT2D eigenvalue weighted by atomic mass is 9.94. The van der Waals surface area contributed by atoms with Gasteiger partial charge in [-0.25, -0.2) is 12.7 Å². The molecule has 0 radical (unpaired) electrons. The molecule has 2 aliphatic rings. The maximum atomic E-state index is 12.1. The standard InChI is InChI=1S/C12H18N4O3S/c13-12(17)11-7-10(14-15-11)8-3-5-16(6-4-8)20(18,19)9-1-2-9/h7-9H,1-6H2,(H2,13,17)(H,14,15). The van der Waals surface area contributed by atoms with Gasteiger partial charge >= 0.3 is 0 Å². The summed E-state index contributed by atoms with van der Waals surface area (Å²) in [5.41, 5.74) is 6.26. The molecule has 1 aromatic rings. The van der Waals surface area contributed by atoms with Crippen LogP contribution in [0.2, 0.25) is 0 Å². The second kappa shape index (κ2) is 4.85. The van der Waals surface area contributed by atoms with E-state index in [0.29, 0.717) is 13.1 Å². The van der Waals surface area contributed by atoms with Crippen molar-refractivity contribution in [2.45, 2.75) is 36.9 Å². The molecule has 0 unspecified atom stereocenters. The van der Waals surface area contributed by atoms with Gasteiger partial charge < -0.3 is 5.73 Å². The van der Waals surface area contributed by atoms with Gasteiger partial charge in [-0.3, -0.25) is 9.89 Å². The molecule has 20 heavy (non-hydrogen) atoms. The highest BCUT2D eigenvalue weighted by Gasteiger charge is 2.41. The molecular weight excluding hydrogens is 280 g/mol. The van der Waals surface area contributed by atoms with Gasteiger partial charge in [0.05, 0.1) is 5.25 Å². The number of sulfonamides is 1. The third kappa shape index (κ3) is 2.45. The van der Waals surface area contributed by atoms with Crippen LogP contribution in [-0.4, -0.2) is 47.2 Å². The molecule has 3 N–H and O–H groups in total. The molecule has 3 rings (SSSR count). The van der Waals surface area contributed by atoms with E-state index in [-0.39, 0.29) is 16.9 Å². The van der Waals surface area contributed by atoms with Crippen LogP contribution in [0.25, 0.3) is 0 Å². The van der Waals surface area contributed by atoms with Crippen molar-refractivity contribution < 1.29 is 13.2 Å². The molecule has 0 atom stereocenters. The summed E-state index contributed by atoms with van der Waals surface area (Å²) in [4.78, 5) is 11.0. The van der Waals surface area contributed by atoms with E-state index in [4.69, 9.17) is 5.73 Å². The van der Waals surface area contributed by atoms with Gasteiger partial charge in [0.1, 0.15) is 5.69 Å². The number of nitrogens with one attached hydrogen (secondary N) is 1. The van der Waals surface area contributed by atoms with Crippen molar-refractivity contribution in [3.05, 3.63) is 17.5 Å². The predicted molar refractivity (Wildman–Crippen MR) is 72.6 cm³/mol. The van der Waals surface area contributed by atoms with Crippen LogP contribution in [0, 0.1) is 0 Å². The first-order valence-corrected chi connectivity index (χ1v) is 8.33. The second-order valence-corrected chi connectivity index (χ2v) is 7.70. The van der Waals surface area contributed by atoms with Gasteiger partial charge in [-0.05, 0) is 31.7 Å². The summed E-state index contributed by atoms with van der Waals surface area (Å²) in [7, 11) is -3.07. The van der Waals surface area contributed by atoms with Crippen molar-refractivity contribution in [3.63, 3.8) is 0 Å². The molecule has 1 aliphatic carbocycles. The third-order valence-electron chi connectivity index (χ3n) is 4.05. The molecule has 1 saturated carbocycles. The first kappa shape index (κ1) is 13.6. The molecule has 2 heterocycles. The number of primary amides is 1. The smallest absolute Gasteiger partial charge is 0.269 e. The SMILES string of the molecule is NC(=O)c1cc(C2CCN(S(=O)(=O)C3CC3)CC2)[nH]n1. The Balaban J connectivity index is 1.64. The second-order valence-electron chi connectivity index (χ2n) is 5.49.